The Morgan fingerprint density at radius 1 is 1.03 bits per heavy atom. The van der Waals surface area contributed by atoms with E-state index >= 15 is 0 Å². The molecule has 0 spiro atoms. The summed E-state index contributed by atoms with van der Waals surface area (Å²) in [5, 5.41) is 0. The second kappa shape index (κ2) is 13.1. The van der Waals surface area contributed by atoms with Crippen LogP contribution in [-0.2, 0) is 16.6 Å². The lowest BCUT2D eigenvalue weighted by atomic mass is 9.67. The monoisotopic (exact) mass is 497 g/mol. The zero-order valence-electron chi connectivity index (χ0n) is 23.6. The molecule has 1 fully saturated rings. The van der Waals surface area contributed by atoms with Gasteiger partial charge in [-0.2, -0.15) is 0 Å². The van der Waals surface area contributed by atoms with E-state index in [0.29, 0.717) is 5.54 Å². The fourth-order valence-electron chi connectivity index (χ4n) is 4.80. The normalized spacial score (nSPS) is 19.3. The molecule has 1 aliphatic carbocycles. The van der Waals surface area contributed by atoms with Crippen molar-refractivity contribution >= 4 is 17.5 Å². The molecule has 1 aliphatic heterocycles. The SMILES string of the molecule is CC.CC(C)(C)N1CCOCC1.CCSc1ccc2c(c1)C(C)(CC)Cc1cc(C(C)=O)ccc1-2. The van der Waals surface area contributed by atoms with Gasteiger partial charge in [0.15, 0.2) is 5.78 Å². The summed E-state index contributed by atoms with van der Waals surface area (Å²) < 4.78 is 5.25. The summed E-state index contributed by atoms with van der Waals surface area (Å²) in [6, 6.07) is 13.1. The van der Waals surface area contributed by atoms with Gasteiger partial charge in [-0.1, -0.05) is 52.8 Å². The number of ether oxygens (including phenoxy) is 1. The van der Waals surface area contributed by atoms with Crippen LogP contribution in [0.25, 0.3) is 11.1 Å². The lowest BCUT2D eigenvalue weighted by Gasteiger charge is -2.38. The Labute approximate surface area is 219 Å². The van der Waals surface area contributed by atoms with Gasteiger partial charge in [0.05, 0.1) is 13.2 Å². The molecule has 1 heterocycles. The van der Waals surface area contributed by atoms with Crippen molar-refractivity contribution in [3.63, 3.8) is 0 Å². The van der Waals surface area contributed by atoms with E-state index in [1.807, 2.05) is 31.7 Å². The maximum absolute atomic E-state index is 11.7. The summed E-state index contributed by atoms with van der Waals surface area (Å²) in [7, 11) is 0. The van der Waals surface area contributed by atoms with Crippen LogP contribution in [0.5, 0.6) is 0 Å². The van der Waals surface area contributed by atoms with Crippen molar-refractivity contribution < 1.29 is 9.53 Å². The Morgan fingerprint density at radius 3 is 2.17 bits per heavy atom. The van der Waals surface area contributed by atoms with Gasteiger partial charge < -0.3 is 4.74 Å². The Morgan fingerprint density at radius 2 is 1.66 bits per heavy atom. The first-order valence-electron chi connectivity index (χ1n) is 13.3. The van der Waals surface area contributed by atoms with Crippen LogP contribution in [0.4, 0.5) is 0 Å². The van der Waals surface area contributed by atoms with Crippen LogP contribution in [0, 0.1) is 0 Å². The van der Waals surface area contributed by atoms with Gasteiger partial charge in [-0.25, -0.2) is 0 Å². The minimum absolute atomic E-state index is 0.141. The molecule has 0 radical (unpaired) electrons. The van der Waals surface area contributed by atoms with Crippen molar-refractivity contribution in [1.29, 1.82) is 0 Å². The minimum atomic E-state index is 0.141. The summed E-state index contributed by atoms with van der Waals surface area (Å²) in [6.45, 7) is 23.2. The van der Waals surface area contributed by atoms with Crippen LogP contribution in [0.3, 0.4) is 0 Å². The number of nitrogens with zero attached hydrogens (tertiary/aromatic N) is 1. The Bertz CT molecular complexity index is 972. The van der Waals surface area contributed by atoms with Gasteiger partial charge >= 0.3 is 0 Å². The fourth-order valence-corrected chi connectivity index (χ4v) is 5.50. The van der Waals surface area contributed by atoms with Crippen molar-refractivity contribution in [2.75, 3.05) is 32.1 Å². The molecule has 3 nitrogen and oxygen atoms in total. The molecule has 0 saturated carbocycles. The number of fused-ring (bicyclic) bond motifs is 3. The van der Waals surface area contributed by atoms with Gasteiger partial charge in [-0.05, 0) is 92.2 Å². The number of carbonyl (C=O) groups is 1. The molecule has 1 saturated heterocycles. The van der Waals surface area contributed by atoms with E-state index in [0.717, 1.165) is 50.5 Å². The third kappa shape index (κ3) is 7.44. The molecule has 0 aromatic heterocycles. The van der Waals surface area contributed by atoms with Gasteiger partial charge in [0.2, 0.25) is 0 Å². The molecule has 1 unspecified atom stereocenters. The van der Waals surface area contributed by atoms with E-state index in [1.165, 1.54) is 27.1 Å². The standard InChI is InChI=1S/C21H24OS.C8H17NO.C2H6/c1-5-21(4)13-16-11-15(14(3)22)7-9-18(16)19-10-8-17(23-6-2)12-20(19)21;1-8(2,3)9-4-6-10-7-5-9;1-2/h7-12H,5-6,13H2,1-4H3;4-7H2,1-3H3;1-2H3. The summed E-state index contributed by atoms with van der Waals surface area (Å²) >= 11 is 1.90. The predicted molar refractivity (Wildman–Crippen MR) is 153 cm³/mol. The zero-order valence-corrected chi connectivity index (χ0v) is 24.4. The molecule has 35 heavy (non-hydrogen) atoms. The maximum atomic E-state index is 11.7. The molecule has 4 heteroatoms. The molecule has 2 aromatic carbocycles. The number of benzene rings is 2. The highest BCUT2D eigenvalue weighted by atomic mass is 32.2. The molecule has 0 N–H and O–H groups in total. The quantitative estimate of drug-likeness (QED) is 0.316. The second-order valence-corrected chi connectivity index (χ2v) is 11.8. The topological polar surface area (TPSA) is 29.5 Å². The van der Waals surface area contributed by atoms with Gasteiger partial charge in [0.25, 0.3) is 0 Å². The van der Waals surface area contributed by atoms with Crippen molar-refractivity contribution in [2.24, 2.45) is 0 Å². The summed E-state index contributed by atoms with van der Waals surface area (Å²) in [5.74, 6) is 1.24. The number of hydrogen-bond donors (Lipinski definition) is 0. The molecular formula is C31H47NO2S. The number of thioether (sulfide) groups is 1. The number of ketones is 1. The van der Waals surface area contributed by atoms with Gasteiger partial charge in [-0.15, -0.1) is 11.8 Å². The highest BCUT2D eigenvalue weighted by Gasteiger charge is 2.33. The molecule has 2 aliphatic rings. The van der Waals surface area contributed by atoms with Crippen molar-refractivity contribution in [2.45, 2.75) is 91.0 Å². The highest BCUT2D eigenvalue weighted by molar-refractivity contribution is 7.99. The van der Waals surface area contributed by atoms with E-state index in [-0.39, 0.29) is 11.2 Å². The van der Waals surface area contributed by atoms with Crippen LogP contribution in [0.15, 0.2) is 41.3 Å². The fraction of sp³-hybridized carbons (Fsp3) is 0.581. The molecule has 0 bridgehead atoms. The second-order valence-electron chi connectivity index (χ2n) is 10.4. The molecular weight excluding hydrogens is 450 g/mol. The number of morpholine rings is 1. The molecule has 1 atom stereocenters. The van der Waals surface area contributed by atoms with Crippen molar-refractivity contribution in [1.82, 2.24) is 4.90 Å². The summed E-state index contributed by atoms with van der Waals surface area (Å²) in [5.41, 5.74) is 6.69. The molecule has 4 rings (SSSR count). The van der Waals surface area contributed by atoms with Crippen molar-refractivity contribution in [3.05, 3.63) is 53.1 Å². The largest absolute Gasteiger partial charge is 0.379 e. The lowest BCUT2D eigenvalue weighted by molar-refractivity contribution is -0.00389. The number of carbonyl (C=O) groups excluding carboxylic acids is 1. The van der Waals surface area contributed by atoms with Crippen molar-refractivity contribution in [3.8, 4) is 11.1 Å². The van der Waals surface area contributed by atoms with E-state index in [2.05, 4.69) is 76.8 Å². The smallest absolute Gasteiger partial charge is 0.159 e. The predicted octanol–water partition coefficient (Wildman–Crippen LogP) is 8.04. The molecule has 0 amide bonds. The van der Waals surface area contributed by atoms with E-state index in [1.54, 1.807) is 6.92 Å². The Balaban J connectivity index is 0.000000302. The maximum Gasteiger partial charge on any atom is 0.159 e. The average molecular weight is 498 g/mol. The van der Waals surface area contributed by atoms with Crippen LogP contribution in [0.2, 0.25) is 0 Å². The van der Waals surface area contributed by atoms with E-state index in [9.17, 15) is 4.79 Å². The third-order valence-electron chi connectivity index (χ3n) is 7.07. The van der Waals surface area contributed by atoms with Crippen LogP contribution >= 0.6 is 11.8 Å². The first-order chi connectivity index (χ1) is 16.6. The first kappa shape index (κ1) is 29.6. The number of rotatable bonds is 4. The van der Waals surface area contributed by atoms with Crippen LogP contribution < -0.4 is 0 Å². The molecule has 2 aromatic rings. The third-order valence-corrected chi connectivity index (χ3v) is 7.95. The van der Waals surface area contributed by atoms with E-state index < -0.39 is 0 Å². The first-order valence-corrected chi connectivity index (χ1v) is 14.3. The highest BCUT2D eigenvalue weighted by Crippen LogP contribution is 2.46. The molecule has 194 valence electrons. The summed E-state index contributed by atoms with van der Waals surface area (Å²) in [6.07, 6.45) is 2.11. The van der Waals surface area contributed by atoms with Crippen LogP contribution in [0.1, 0.15) is 90.2 Å². The van der Waals surface area contributed by atoms with Gasteiger partial charge in [0, 0.05) is 29.1 Å². The average Bonchev–Trinajstić information content (AvgIpc) is 2.86. The number of hydrogen-bond acceptors (Lipinski definition) is 4. The van der Waals surface area contributed by atoms with Gasteiger partial charge in [0.1, 0.15) is 0 Å². The van der Waals surface area contributed by atoms with Crippen LogP contribution in [-0.4, -0.2) is 48.3 Å². The van der Waals surface area contributed by atoms with E-state index in [4.69, 9.17) is 4.74 Å². The minimum Gasteiger partial charge on any atom is -0.379 e. The number of Topliss-reactive ketones (excluding diaryl/α,β-unsaturated/α-hetero) is 1. The van der Waals surface area contributed by atoms with Gasteiger partial charge in [-0.3, -0.25) is 9.69 Å². The Kier molecular flexibility index (Phi) is 11.1. The summed E-state index contributed by atoms with van der Waals surface area (Å²) in [4.78, 5) is 15.5. The lowest BCUT2D eigenvalue weighted by Crippen LogP contribution is -2.47. The Hall–Kier alpha value is -1.62. The zero-order chi connectivity index (χ0) is 26.2.